The second-order valence-electron chi connectivity index (χ2n) is 7.74. The van der Waals surface area contributed by atoms with Gasteiger partial charge in [0, 0.05) is 24.9 Å². The first-order valence-electron chi connectivity index (χ1n) is 10.2. The molecule has 0 aliphatic heterocycles. The molecule has 8 heteroatoms. The van der Waals surface area contributed by atoms with Gasteiger partial charge in [0.05, 0.1) is 17.1 Å². The molecule has 1 aromatic heterocycles. The Morgan fingerprint density at radius 3 is 2.36 bits per heavy atom. The summed E-state index contributed by atoms with van der Waals surface area (Å²) in [7, 11) is 0. The first-order valence-corrected chi connectivity index (χ1v) is 12.6. The van der Waals surface area contributed by atoms with Gasteiger partial charge in [0.25, 0.3) is 5.56 Å². The average Bonchev–Trinajstić information content (AvgIpc) is 2.79. The molecule has 1 heterocycles. The quantitative estimate of drug-likeness (QED) is 0.210. The Hall–Kier alpha value is -2.29. The summed E-state index contributed by atoms with van der Waals surface area (Å²) >= 11 is 10.4. The molecule has 0 unspecified atom stereocenters. The van der Waals surface area contributed by atoms with Crippen LogP contribution in [0.15, 0.2) is 84.0 Å². The highest BCUT2D eigenvalue weighted by Gasteiger charge is 2.14. The summed E-state index contributed by atoms with van der Waals surface area (Å²) in [5, 5.41) is 5.05. The third-order valence-electron chi connectivity index (χ3n) is 4.94. The summed E-state index contributed by atoms with van der Waals surface area (Å²) < 4.78 is 10.2. The van der Waals surface area contributed by atoms with E-state index in [9.17, 15) is 4.79 Å². The van der Waals surface area contributed by atoms with Crippen molar-refractivity contribution in [3.8, 4) is 5.75 Å². The van der Waals surface area contributed by atoms with Gasteiger partial charge < -0.3 is 4.74 Å². The van der Waals surface area contributed by atoms with Crippen LogP contribution in [0.25, 0.3) is 10.9 Å². The van der Waals surface area contributed by atoms with Crippen molar-refractivity contribution in [3.63, 3.8) is 0 Å². The maximum atomic E-state index is 13.3. The minimum Gasteiger partial charge on any atom is -0.488 e. The van der Waals surface area contributed by atoms with E-state index in [1.54, 1.807) is 12.3 Å². The maximum absolute atomic E-state index is 13.3. The summed E-state index contributed by atoms with van der Waals surface area (Å²) in [6.07, 6.45) is 1.64. The van der Waals surface area contributed by atoms with Crippen molar-refractivity contribution < 1.29 is 4.74 Å². The zero-order chi connectivity index (χ0) is 23.5. The first kappa shape index (κ1) is 23.9. The molecule has 4 rings (SSSR count). The zero-order valence-electron chi connectivity index (χ0n) is 17.9. The van der Waals surface area contributed by atoms with Crippen molar-refractivity contribution in [1.82, 2.24) is 9.66 Å². The SMILES string of the molecule is CC(C)c1nc2ccc(Br)cc2c(=O)n1N=Cc1cc(Br)ccc1OCc1ccc(Br)cc1. The lowest BCUT2D eigenvalue weighted by molar-refractivity contribution is 0.305. The molecule has 168 valence electrons. The Kier molecular flexibility index (Phi) is 7.46. The van der Waals surface area contributed by atoms with Gasteiger partial charge in [0.15, 0.2) is 0 Å². The summed E-state index contributed by atoms with van der Waals surface area (Å²) in [6, 6.07) is 19.2. The van der Waals surface area contributed by atoms with Gasteiger partial charge in [-0.1, -0.05) is 73.8 Å². The lowest BCUT2D eigenvalue weighted by atomic mass is 10.2. The molecule has 0 aliphatic carbocycles. The summed E-state index contributed by atoms with van der Waals surface area (Å²) in [5.41, 5.74) is 2.23. The van der Waals surface area contributed by atoms with E-state index in [0.29, 0.717) is 29.1 Å². The van der Waals surface area contributed by atoms with Gasteiger partial charge >= 0.3 is 0 Å². The average molecular weight is 634 g/mol. The number of aromatic nitrogens is 2. The van der Waals surface area contributed by atoms with Crippen LogP contribution in [-0.2, 0) is 6.61 Å². The summed E-state index contributed by atoms with van der Waals surface area (Å²) in [4.78, 5) is 18.0. The van der Waals surface area contributed by atoms with Gasteiger partial charge in [0.1, 0.15) is 18.2 Å². The molecule has 0 saturated carbocycles. The van der Waals surface area contributed by atoms with E-state index in [1.807, 2.05) is 68.4 Å². The van der Waals surface area contributed by atoms with Crippen LogP contribution in [-0.4, -0.2) is 15.9 Å². The van der Waals surface area contributed by atoms with E-state index in [4.69, 9.17) is 9.72 Å². The van der Waals surface area contributed by atoms with E-state index >= 15 is 0 Å². The molecule has 0 atom stereocenters. The number of benzene rings is 3. The number of rotatable bonds is 6. The van der Waals surface area contributed by atoms with Crippen molar-refractivity contribution in [2.24, 2.45) is 5.10 Å². The lowest BCUT2D eigenvalue weighted by Gasteiger charge is -2.13. The second kappa shape index (κ2) is 10.3. The van der Waals surface area contributed by atoms with Crippen LogP contribution < -0.4 is 10.3 Å². The predicted molar refractivity (Wildman–Crippen MR) is 143 cm³/mol. The zero-order valence-corrected chi connectivity index (χ0v) is 22.7. The lowest BCUT2D eigenvalue weighted by Crippen LogP contribution is -2.23. The van der Waals surface area contributed by atoms with Gasteiger partial charge in [-0.05, 0) is 54.1 Å². The van der Waals surface area contributed by atoms with Gasteiger partial charge in [-0.2, -0.15) is 9.78 Å². The third kappa shape index (κ3) is 5.62. The fourth-order valence-electron chi connectivity index (χ4n) is 3.26. The molecule has 0 fully saturated rings. The van der Waals surface area contributed by atoms with Crippen LogP contribution in [0.1, 0.15) is 36.7 Å². The van der Waals surface area contributed by atoms with Crippen LogP contribution in [0.5, 0.6) is 5.75 Å². The van der Waals surface area contributed by atoms with Gasteiger partial charge in [0.2, 0.25) is 0 Å². The molecular weight excluding hydrogens is 614 g/mol. The second-order valence-corrected chi connectivity index (χ2v) is 10.5. The van der Waals surface area contributed by atoms with E-state index in [-0.39, 0.29) is 11.5 Å². The van der Waals surface area contributed by atoms with Crippen molar-refractivity contribution in [1.29, 1.82) is 0 Å². The van der Waals surface area contributed by atoms with Crippen molar-refractivity contribution in [3.05, 3.63) is 101 Å². The topological polar surface area (TPSA) is 56.5 Å². The Balaban J connectivity index is 1.72. The molecule has 0 bridgehead atoms. The number of hydrogen-bond acceptors (Lipinski definition) is 4. The smallest absolute Gasteiger partial charge is 0.282 e. The largest absolute Gasteiger partial charge is 0.488 e. The first-order chi connectivity index (χ1) is 15.8. The normalized spacial score (nSPS) is 11.6. The molecule has 0 amide bonds. The molecular formula is C25H20Br3N3O2. The van der Waals surface area contributed by atoms with Crippen molar-refractivity contribution in [2.75, 3.05) is 0 Å². The molecule has 0 aliphatic rings. The molecule has 33 heavy (non-hydrogen) atoms. The van der Waals surface area contributed by atoms with Gasteiger partial charge in [-0.15, -0.1) is 0 Å². The molecule has 0 saturated heterocycles. The minimum atomic E-state index is -0.214. The number of ether oxygens (including phenoxy) is 1. The van der Waals surface area contributed by atoms with Crippen LogP contribution in [0.4, 0.5) is 0 Å². The van der Waals surface area contributed by atoms with Crippen LogP contribution in [0.3, 0.4) is 0 Å². The highest BCUT2D eigenvalue weighted by molar-refractivity contribution is 9.11. The van der Waals surface area contributed by atoms with Crippen LogP contribution in [0.2, 0.25) is 0 Å². The molecule has 0 N–H and O–H groups in total. The van der Waals surface area contributed by atoms with E-state index in [0.717, 1.165) is 24.5 Å². The third-order valence-corrected chi connectivity index (χ3v) is 6.46. The Bertz CT molecular complexity index is 1400. The van der Waals surface area contributed by atoms with Gasteiger partial charge in [-0.25, -0.2) is 4.98 Å². The maximum Gasteiger partial charge on any atom is 0.282 e. The van der Waals surface area contributed by atoms with E-state index in [2.05, 4.69) is 52.9 Å². The van der Waals surface area contributed by atoms with Crippen LogP contribution >= 0.6 is 47.8 Å². The fraction of sp³-hybridized carbons (Fsp3) is 0.160. The molecule has 5 nitrogen and oxygen atoms in total. The summed E-state index contributed by atoms with van der Waals surface area (Å²) in [6.45, 7) is 4.40. The molecule has 0 radical (unpaired) electrons. The number of nitrogens with zero attached hydrogens (tertiary/aromatic N) is 3. The Morgan fingerprint density at radius 2 is 1.64 bits per heavy atom. The van der Waals surface area contributed by atoms with E-state index in [1.165, 1.54) is 4.68 Å². The number of fused-ring (bicyclic) bond motifs is 1. The van der Waals surface area contributed by atoms with Crippen LogP contribution in [0, 0.1) is 0 Å². The monoisotopic (exact) mass is 631 g/mol. The molecule has 0 spiro atoms. The van der Waals surface area contributed by atoms with Crippen molar-refractivity contribution in [2.45, 2.75) is 26.4 Å². The summed E-state index contributed by atoms with van der Waals surface area (Å²) in [5.74, 6) is 1.28. The molecule has 3 aromatic carbocycles. The van der Waals surface area contributed by atoms with E-state index < -0.39 is 0 Å². The highest BCUT2D eigenvalue weighted by atomic mass is 79.9. The fourth-order valence-corrected chi connectivity index (χ4v) is 4.27. The minimum absolute atomic E-state index is 0.0125. The molecule has 4 aromatic rings. The predicted octanol–water partition coefficient (Wildman–Crippen LogP) is 7.27. The number of halogens is 3. The Labute approximate surface area is 216 Å². The number of hydrogen-bond donors (Lipinski definition) is 0. The van der Waals surface area contributed by atoms with Gasteiger partial charge in [-0.3, -0.25) is 4.79 Å². The van der Waals surface area contributed by atoms with Crippen molar-refractivity contribution >= 4 is 64.9 Å². The highest BCUT2D eigenvalue weighted by Crippen LogP contribution is 2.24. The Morgan fingerprint density at radius 1 is 0.970 bits per heavy atom. The standard InChI is InChI=1S/C25H20Br3N3O2/c1-15(2)24-30-22-9-7-20(28)12-21(22)25(32)31(24)29-13-17-11-19(27)8-10-23(17)33-14-16-3-5-18(26)6-4-16/h3-13,15H,14H2,1-2H3.